The molecular formula is C19H27Cl2N5O. The minimum Gasteiger partial charge on any atom is -0.350 e. The van der Waals surface area contributed by atoms with Crippen LogP contribution in [0.5, 0.6) is 0 Å². The Morgan fingerprint density at radius 1 is 1.37 bits per heavy atom. The van der Waals surface area contributed by atoms with Crippen molar-refractivity contribution in [3.63, 3.8) is 0 Å². The van der Waals surface area contributed by atoms with E-state index in [0.717, 1.165) is 37.2 Å². The summed E-state index contributed by atoms with van der Waals surface area (Å²) in [5, 5.41) is 15.4. The van der Waals surface area contributed by atoms with Crippen LogP contribution in [0.25, 0.3) is 0 Å². The van der Waals surface area contributed by atoms with Crippen molar-refractivity contribution >= 4 is 29.9 Å². The third-order valence-electron chi connectivity index (χ3n) is 5.09. The summed E-state index contributed by atoms with van der Waals surface area (Å²) in [7, 11) is 0. The molecule has 0 unspecified atom stereocenters. The average Bonchev–Trinajstić information content (AvgIpc) is 3.02. The van der Waals surface area contributed by atoms with Gasteiger partial charge in [-0.1, -0.05) is 42.8 Å². The third-order valence-corrected chi connectivity index (χ3v) is 5.33. The number of benzene rings is 1. The summed E-state index contributed by atoms with van der Waals surface area (Å²) in [5.41, 5.74) is 2.08. The Labute approximate surface area is 171 Å². The zero-order valence-corrected chi connectivity index (χ0v) is 17.5. The van der Waals surface area contributed by atoms with Crippen LogP contribution in [0, 0.1) is 6.92 Å². The number of nitrogens with zero attached hydrogens (tertiary/aromatic N) is 3. The first-order valence-electron chi connectivity index (χ1n) is 9.05. The third kappa shape index (κ3) is 5.00. The van der Waals surface area contributed by atoms with Crippen LogP contribution in [0.2, 0.25) is 5.02 Å². The molecule has 27 heavy (non-hydrogen) atoms. The van der Waals surface area contributed by atoms with Crippen molar-refractivity contribution in [2.24, 2.45) is 0 Å². The quantitative estimate of drug-likeness (QED) is 0.791. The fraction of sp³-hybridized carbons (Fsp3) is 0.526. The molecule has 1 saturated heterocycles. The van der Waals surface area contributed by atoms with Crippen molar-refractivity contribution < 1.29 is 4.79 Å². The van der Waals surface area contributed by atoms with Crippen molar-refractivity contribution in [3.05, 3.63) is 46.2 Å². The smallest absolute Gasteiger partial charge is 0.273 e. The first-order valence-corrected chi connectivity index (χ1v) is 9.43. The molecule has 2 aromatic rings. The maximum atomic E-state index is 12.6. The van der Waals surface area contributed by atoms with E-state index in [0.29, 0.717) is 23.3 Å². The zero-order chi connectivity index (χ0) is 18.7. The van der Waals surface area contributed by atoms with Crippen molar-refractivity contribution in [3.8, 4) is 0 Å². The first kappa shape index (κ1) is 21.7. The first-order chi connectivity index (χ1) is 12.4. The molecule has 0 saturated carbocycles. The molecule has 1 aliphatic heterocycles. The van der Waals surface area contributed by atoms with Crippen LogP contribution in [-0.2, 0) is 5.41 Å². The Balaban J connectivity index is 0.00000261. The Morgan fingerprint density at radius 3 is 2.74 bits per heavy atom. The Hall–Kier alpha value is -1.63. The molecule has 2 N–H and O–H groups in total. The molecular weight excluding hydrogens is 385 g/mol. The fourth-order valence-electron chi connectivity index (χ4n) is 3.35. The van der Waals surface area contributed by atoms with Gasteiger partial charge in [0.2, 0.25) is 0 Å². The Bertz CT molecular complexity index is 784. The number of piperidine rings is 1. The van der Waals surface area contributed by atoms with E-state index in [4.69, 9.17) is 11.6 Å². The number of amides is 1. The number of halogens is 2. The zero-order valence-electron chi connectivity index (χ0n) is 16.0. The molecule has 1 amide bonds. The lowest BCUT2D eigenvalue weighted by molar-refractivity contribution is 0.0940. The van der Waals surface area contributed by atoms with Crippen LogP contribution in [0.4, 0.5) is 0 Å². The molecule has 148 valence electrons. The standard InChI is InChI=1S/C19H26ClN5O.ClH/c1-13-17(23-24-25(13)16-7-9-21-10-8-16)18(26)22-12-19(2,3)14-5-4-6-15(20)11-14;/h4-6,11,16,21H,7-10,12H2,1-3H3,(H,22,26);1H. The highest BCUT2D eigenvalue weighted by atomic mass is 35.5. The minimum absolute atomic E-state index is 0. The highest BCUT2D eigenvalue weighted by Gasteiger charge is 2.25. The molecule has 8 heteroatoms. The van der Waals surface area contributed by atoms with Crippen LogP contribution in [0.15, 0.2) is 24.3 Å². The summed E-state index contributed by atoms with van der Waals surface area (Å²) < 4.78 is 1.90. The van der Waals surface area contributed by atoms with Gasteiger partial charge in [-0.05, 0) is 50.6 Å². The Morgan fingerprint density at radius 2 is 2.07 bits per heavy atom. The number of carbonyl (C=O) groups excluding carboxylic acids is 1. The number of hydrogen-bond acceptors (Lipinski definition) is 4. The van der Waals surface area contributed by atoms with Gasteiger partial charge in [0.15, 0.2) is 5.69 Å². The number of hydrogen-bond donors (Lipinski definition) is 2. The summed E-state index contributed by atoms with van der Waals surface area (Å²) in [6, 6.07) is 8.05. The van der Waals surface area contributed by atoms with Crippen LogP contribution in [0.1, 0.15) is 54.5 Å². The molecule has 3 rings (SSSR count). The molecule has 2 heterocycles. The second-order valence-corrected chi connectivity index (χ2v) is 7.96. The van der Waals surface area contributed by atoms with E-state index in [1.807, 2.05) is 35.9 Å². The van der Waals surface area contributed by atoms with Gasteiger partial charge in [-0.3, -0.25) is 4.79 Å². The normalized spacial score (nSPS) is 15.3. The van der Waals surface area contributed by atoms with Gasteiger partial charge >= 0.3 is 0 Å². The van der Waals surface area contributed by atoms with Gasteiger partial charge < -0.3 is 10.6 Å². The van der Waals surface area contributed by atoms with E-state index in [1.54, 1.807) is 0 Å². The summed E-state index contributed by atoms with van der Waals surface area (Å²) >= 11 is 6.09. The summed E-state index contributed by atoms with van der Waals surface area (Å²) in [6.07, 6.45) is 2.01. The van der Waals surface area contributed by atoms with Gasteiger partial charge in [0.1, 0.15) is 0 Å². The molecule has 0 atom stereocenters. The number of carbonyl (C=O) groups is 1. The van der Waals surface area contributed by atoms with E-state index < -0.39 is 0 Å². The van der Waals surface area contributed by atoms with Gasteiger partial charge in [-0.25, -0.2) is 4.68 Å². The number of nitrogens with one attached hydrogen (secondary N) is 2. The van der Waals surface area contributed by atoms with Crippen LogP contribution < -0.4 is 10.6 Å². The van der Waals surface area contributed by atoms with Crippen LogP contribution in [-0.4, -0.2) is 40.5 Å². The van der Waals surface area contributed by atoms with Gasteiger partial charge in [-0.15, -0.1) is 17.5 Å². The van der Waals surface area contributed by atoms with Crippen molar-refractivity contribution in [2.45, 2.75) is 45.1 Å². The maximum absolute atomic E-state index is 12.6. The second kappa shape index (κ2) is 9.04. The van der Waals surface area contributed by atoms with Crippen molar-refractivity contribution in [1.29, 1.82) is 0 Å². The topological polar surface area (TPSA) is 71.8 Å². The van der Waals surface area contributed by atoms with E-state index in [1.165, 1.54) is 0 Å². The van der Waals surface area contributed by atoms with E-state index >= 15 is 0 Å². The van der Waals surface area contributed by atoms with E-state index in [2.05, 4.69) is 34.8 Å². The summed E-state index contributed by atoms with van der Waals surface area (Å²) in [6.45, 7) is 8.51. The molecule has 0 bridgehead atoms. The summed E-state index contributed by atoms with van der Waals surface area (Å²) in [4.78, 5) is 12.6. The number of rotatable bonds is 5. The van der Waals surface area contributed by atoms with Gasteiger partial charge in [-0.2, -0.15) is 0 Å². The van der Waals surface area contributed by atoms with Gasteiger partial charge in [0.25, 0.3) is 5.91 Å². The molecule has 1 fully saturated rings. The highest BCUT2D eigenvalue weighted by molar-refractivity contribution is 6.30. The molecule has 0 aliphatic carbocycles. The van der Waals surface area contributed by atoms with Crippen molar-refractivity contribution in [1.82, 2.24) is 25.6 Å². The monoisotopic (exact) mass is 411 g/mol. The van der Waals surface area contributed by atoms with Crippen LogP contribution >= 0.6 is 24.0 Å². The van der Waals surface area contributed by atoms with Gasteiger partial charge in [0, 0.05) is 17.0 Å². The lowest BCUT2D eigenvalue weighted by Gasteiger charge is -2.26. The molecule has 1 aromatic heterocycles. The largest absolute Gasteiger partial charge is 0.350 e. The molecule has 0 radical (unpaired) electrons. The maximum Gasteiger partial charge on any atom is 0.273 e. The lowest BCUT2D eigenvalue weighted by atomic mass is 9.84. The lowest BCUT2D eigenvalue weighted by Crippen LogP contribution is -2.37. The van der Waals surface area contributed by atoms with Crippen LogP contribution in [0.3, 0.4) is 0 Å². The SMILES string of the molecule is Cc1c(C(=O)NCC(C)(C)c2cccc(Cl)c2)nnn1C1CCNCC1.Cl. The number of aromatic nitrogens is 3. The molecule has 1 aliphatic rings. The van der Waals surface area contributed by atoms with Crippen molar-refractivity contribution in [2.75, 3.05) is 19.6 Å². The highest BCUT2D eigenvalue weighted by Crippen LogP contribution is 2.25. The minimum atomic E-state index is -0.237. The molecule has 0 spiro atoms. The molecule has 6 nitrogen and oxygen atoms in total. The molecule has 1 aromatic carbocycles. The second-order valence-electron chi connectivity index (χ2n) is 7.53. The predicted molar refractivity (Wildman–Crippen MR) is 110 cm³/mol. The average molecular weight is 412 g/mol. The van der Waals surface area contributed by atoms with E-state index in [-0.39, 0.29) is 23.7 Å². The van der Waals surface area contributed by atoms with Gasteiger partial charge in [0.05, 0.1) is 11.7 Å². The predicted octanol–water partition coefficient (Wildman–Crippen LogP) is 3.29. The fourth-order valence-corrected chi connectivity index (χ4v) is 3.54. The summed E-state index contributed by atoms with van der Waals surface area (Å²) in [5.74, 6) is -0.183. The Kier molecular flexibility index (Phi) is 7.25. The van der Waals surface area contributed by atoms with E-state index in [9.17, 15) is 4.79 Å².